The van der Waals surface area contributed by atoms with Crippen molar-refractivity contribution >= 4 is 27.5 Å². The molecule has 2 aromatic carbocycles. The molecule has 22 heavy (non-hydrogen) atoms. The lowest BCUT2D eigenvalue weighted by atomic mass is 10.1. The third-order valence-electron chi connectivity index (χ3n) is 2.90. The zero-order chi connectivity index (χ0) is 16.2. The predicted octanol–water partition coefficient (Wildman–Crippen LogP) is 2.40. The number of benzene rings is 2. The van der Waals surface area contributed by atoms with Crippen molar-refractivity contribution in [3.63, 3.8) is 0 Å². The van der Waals surface area contributed by atoms with Gasteiger partial charge in [-0.05, 0) is 42.0 Å². The number of methoxy groups -OCH3 is 1. The molecule has 1 N–H and O–H groups in total. The Morgan fingerprint density at radius 2 is 1.68 bits per heavy atom. The molecular formula is C15H14ClNO4S. The lowest BCUT2D eigenvalue weighted by molar-refractivity contribution is -0.118. The highest BCUT2D eigenvalue weighted by Crippen LogP contribution is 2.15. The topological polar surface area (TPSA) is 72.5 Å². The number of rotatable bonds is 5. The first-order valence-electron chi connectivity index (χ1n) is 6.35. The van der Waals surface area contributed by atoms with E-state index < -0.39 is 15.9 Å². The molecule has 5 nitrogen and oxygen atoms in total. The minimum absolute atomic E-state index is 0.00208. The first kappa shape index (κ1) is 16.3. The van der Waals surface area contributed by atoms with Crippen LogP contribution < -0.4 is 9.46 Å². The molecule has 0 unspecified atom stereocenters. The van der Waals surface area contributed by atoms with Crippen LogP contribution in [0.2, 0.25) is 5.02 Å². The van der Waals surface area contributed by atoms with Gasteiger partial charge in [0.05, 0.1) is 18.4 Å². The second-order valence-corrected chi connectivity index (χ2v) is 6.63. The largest absolute Gasteiger partial charge is 0.497 e. The van der Waals surface area contributed by atoms with Crippen LogP contribution in [-0.2, 0) is 21.2 Å². The Morgan fingerprint density at radius 1 is 1.09 bits per heavy atom. The van der Waals surface area contributed by atoms with E-state index in [0.717, 1.165) is 0 Å². The minimum Gasteiger partial charge on any atom is -0.497 e. The number of nitrogens with one attached hydrogen (secondary N) is 1. The van der Waals surface area contributed by atoms with Crippen LogP contribution in [0, 0.1) is 0 Å². The maximum absolute atomic E-state index is 12.1. The van der Waals surface area contributed by atoms with Crippen molar-refractivity contribution in [1.82, 2.24) is 4.72 Å². The van der Waals surface area contributed by atoms with Gasteiger partial charge in [0.25, 0.3) is 10.0 Å². The molecule has 0 spiro atoms. The summed E-state index contributed by atoms with van der Waals surface area (Å²) in [5.74, 6) is -0.0791. The zero-order valence-corrected chi connectivity index (χ0v) is 13.3. The second kappa shape index (κ2) is 6.81. The fraction of sp³-hybridized carbons (Fsp3) is 0.133. The van der Waals surface area contributed by atoms with Crippen molar-refractivity contribution in [2.75, 3.05) is 7.11 Å². The Morgan fingerprint density at radius 3 is 2.23 bits per heavy atom. The zero-order valence-electron chi connectivity index (χ0n) is 11.7. The van der Waals surface area contributed by atoms with Gasteiger partial charge < -0.3 is 4.74 Å². The molecule has 0 heterocycles. The van der Waals surface area contributed by atoms with E-state index in [1.165, 1.54) is 31.4 Å². The maximum Gasteiger partial charge on any atom is 0.264 e. The third kappa shape index (κ3) is 4.22. The van der Waals surface area contributed by atoms with E-state index in [-0.39, 0.29) is 11.3 Å². The van der Waals surface area contributed by atoms with Crippen LogP contribution in [0.5, 0.6) is 5.75 Å². The van der Waals surface area contributed by atoms with Crippen LogP contribution in [0.25, 0.3) is 0 Å². The lowest BCUT2D eigenvalue weighted by Crippen LogP contribution is -2.31. The van der Waals surface area contributed by atoms with Gasteiger partial charge >= 0.3 is 0 Å². The molecule has 0 fully saturated rings. The highest BCUT2D eigenvalue weighted by Gasteiger charge is 2.17. The number of carbonyl (C=O) groups excluding carboxylic acids is 1. The van der Waals surface area contributed by atoms with Crippen molar-refractivity contribution in [3.05, 3.63) is 59.1 Å². The van der Waals surface area contributed by atoms with Gasteiger partial charge in [-0.2, -0.15) is 0 Å². The van der Waals surface area contributed by atoms with Crippen LogP contribution in [0.4, 0.5) is 0 Å². The van der Waals surface area contributed by atoms with Crippen molar-refractivity contribution < 1.29 is 17.9 Å². The van der Waals surface area contributed by atoms with Crippen molar-refractivity contribution in [1.29, 1.82) is 0 Å². The monoisotopic (exact) mass is 339 g/mol. The number of ether oxygens (including phenoxy) is 1. The second-order valence-electron chi connectivity index (χ2n) is 4.51. The van der Waals surface area contributed by atoms with E-state index in [4.69, 9.17) is 16.3 Å². The molecule has 2 aromatic rings. The molecule has 0 aliphatic heterocycles. The molecule has 0 atom stereocenters. The number of halogens is 1. The molecule has 0 aliphatic carbocycles. The number of carbonyl (C=O) groups is 1. The molecule has 0 saturated carbocycles. The van der Waals surface area contributed by atoms with Gasteiger partial charge in [-0.1, -0.05) is 23.7 Å². The van der Waals surface area contributed by atoms with E-state index >= 15 is 0 Å². The van der Waals surface area contributed by atoms with Gasteiger partial charge in [-0.15, -0.1) is 0 Å². The lowest BCUT2D eigenvalue weighted by Gasteiger charge is -2.08. The summed E-state index contributed by atoms with van der Waals surface area (Å²) >= 11 is 5.75. The van der Waals surface area contributed by atoms with Gasteiger partial charge in [-0.3, -0.25) is 4.79 Å². The highest BCUT2D eigenvalue weighted by molar-refractivity contribution is 7.90. The molecule has 1 amide bonds. The van der Waals surface area contributed by atoms with Crippen molar-refractivity contribution in [2.24, 2.45) is 0 Å². The van der Waals surface area contributed by atoms with Crippen LogP contribution in [0.15, 0.2) is 53.4 Å². The molecule has 0 aromatic heterocycles. The summed E-state index contributed by atoms with van der Waals surface area (Å²) in [5, 5.41) is 0.551. The predicted molar refractivity (Wildman–Crippen MR) is 83.5 cm³/mol. The van der Waals surface area contributed by atoms with Gasteiger partial charge in [0.15, 0.2) is 0 Å². The SMILES string of the molecule is COc1ccc(S(=O)(=O)NC(=O)Cc2ccc(Cl)cc2)cc1. The Bertz CT molecular complexity index is 755. The number of sulfonamides is 1. The fourth-order valence-corrected chi connectivity index (χ4v) is 2.90. The van der Waals surface area contributed by atoms with Gasteiger partial charge in [0.1, 0.15) is 5.75 Å². The van der Waals surface area contributed by atoms with E-state index in [2.05, 4.69) is 0 Å². The normalized spacial score (nSPS) is 11.0. The summed E-state index contributed by atoms with van der Waals surface area (Å²) in [6.07, 6.45) is -0.0491. The number of amides is 1. The summed E-state index contributed by atoms with van der Waals surface area (Å²) in [7, 11) is -2.41. The van der Waals surface area contributed by atoms with Crippen molar-refractivity contribution in [2.45, 2.75) is 11.3 Å². The van der Waals surface area contributed by atoms with E-state index in [1.807, 2.05) is 4.72 Å². The minimum atomic E-state index is -3.89. The molecule has 116 valence electrons. The molecule has 0 radical (unpaired) electrons. The van der Waals surface area contributed by atoms with E-state index in [1.54, 1.807) is 24.3 Å². The number of hydrogen-bond acceptors (Lipinski definition) is 4. The maximum atomic E-state index is 12.1. The number of hydrogen-bond donors (Lipinski definition) is 1. The average molecular weight is 340 g/mol. The molecule has 2 rings (SSSR count). The van der Waals surface area contributed by atoms with Crippen LogP contribution in [0.3, 0.4) is 0 Å². The summed E-state index contributed by atoms with van der Waals surface area (Å²) in [6, 6.07) is 12.4. The molecule has 0 aliphatic rings. The summed E-state index contributed by atoms with van der Waals surface area (Å²) in [4.78, 5) is 11.9. The van der Waals surface area contributed by atoms with Crippen LogP contribution >= 0.6 is 11.6 Å². The summed E-state index contributed by atoms with van der Waals surface area (Å²) in [5.41, 5.74) is 0.673. The van der Waals surface area contributed by atoms with Crippen molar-refractivity contribution in [3.8, 4) is 5.75 Å². The van der Waals surface area contributed by atoms with Gasteiger partial charge in [-0.25, -0.2) is 13.1 Å². The Hall–Kier alpha value is -2.05. The standard InChI is InChI=1S/C15H14ClNO4S/c1-21-13-6-8-14(9-7-13)22(19,20)17-15(18)10-11-2-4-12(16)5-3-11/h2-9H,10H2,1H3,(H,17,18). The molecule has 0 saturated heterocycles. The summed E-state index contributed by atoms with van der Waals surface area (Å²) in [6.45, 7) is 0. The summed E-state index contributed by atoms with van der Waals surface area (Å²) < 4.78 is 31.2. The Kier molecular flexibility index (Phi) is 5.05. The smallest absolute Gasteiger partial charge is 0.264 e. The van der Waals surface area contributed by atoms with Crippen LogP contribution in [0.1, 0.15) is 5.56 Å². The first-order valence-corrected chi connectivity index (χ1v) is 8.21. The first-order chi connectivity index (χ1) is 10.4. The highest BCUT2D eigenvalue weighted by atomic mass is 35.5. The van der Waals surface area contributed by atoms with E-state index in [9.17, 15) is 13.2 Å². The molecular weight excluding hydrogens is 326 g/mol. The van der Waals surface area contributed by atoms with Gasteiger partial charge in [0.2, 0.25) is 5.91 Å². The Balaban J connectivity index is 2.07. The molecule has 0 bridgehead atoms. The molecule has 7 heteroatoms. The van der Waals surface area contributed by atoms with E-state index in [0.29, 0.717) is 16.3 Å². The Labute approximate surface area is 133 Å². The fourth-order valence-electron chi connectivity index (χ4n) is 1.79. The quantitative estimate of drug-likeness (QED) is 0.907. The third-order valence-corrected chi connectivity index (χ3v) is 4.54. The van der Waals surface area contributed by atoms with Crippen LogP contribution in [-0.4, -0.2) is 21.4 Å². The van der Waals surface area contributed by atoms with Gasteiger partial charge in [0, 0.05) is 5.02 Å². The average Bonchev–Trinajstić information content (AvgIpc) is 2.49.